The number of likely N-dealkylation sites (N-methyl/N-ethyl adjacent to an activating group) is 1. The van der Waals surface area contributed by atoms with Gasteiger partial charge in [-0.2, -0.15) is 5.10 Å². The van der Waals surface area contributed by atoms with Crippen LogP contribution in [0.4, 0.5) is 0 Å². The molecule has 3 nitrogen and oxygen atoms in total. The van der Waals surface area contributed by atoms with Gasteiger partial charge in [0, 0.05) is 25.7 Å². The smallest absolute Gasteiger partial charge is 0.0639 e. The molecule has 1 rings (SSSR count). The maximum absolute atomic E-state index is 4.44. The lowest BCUT2D eigenvalue weighted by atomic mass is 10.0. The van der Waals surface area contributed by atoms with Crippen molar-refractivity contribution in [3.63, 3.8) is 0 Å². The predicted octanol–water partition coefficient (Wildman–Crippen LogP) is 3.30. The first kappa shape index (κ1) is 15.2. The van der Waals surface area contributed by atoms with Crippen LogP contribution in [-0.2, 0) is 13.5 Å². The lowest BCUT2D eigenvalue weighted by molar-refractivity contribution is 0.475. The molecule has 3 heteroatoms. The summed E-state index contributed by atoms with van der Waals surface area (Å²) in [6, 6.07) is 2.69. The Morgan fingerprint density at radius 3 is 2.56 bits per heavy atom. The minimum absolute atomic E-state index is 0.575. The van der Waals surface area contributed by atoms with Crippen LogP contribution in [0.3, 0.4) is 0 Å². The molecule has 18 heavy (non-hydrogen) atoms. The average molecular weight is 251 g/mol. The van der Waals surface area contributed by atoms with Crippen molar-refractivity contribution in [2.24, 2.45) is 7.05 Å². The molecule has 0 aromatic carbocycles. The topological polar surface area (TPSA) is 29.9 Å². The van der Waals surface area contributed by atoms with Crippen LogP contribution in [0.15, 0.2) is 12.3 Å². The van der Waals surface area contributed by atoms with Crippen molar-refractivity contribution in [2.45, 2.75) is 64.3 Å². The SMILES string of the molecule is CCCCCCCCC(Cc1ccn(C)n1)NC. The summed E-state index contributed by atoms with van der Waals surface area (Å²) in [5.41, 5.74) is 1.20. The highest BCUT2D eigenvalue weighted by Crippen LogP contribution is 2.11. The zero-order valence-electron chi connectivity index (χ0n) is 12.3. The van der Waals surface area contributed by atoms with Crippen molar-refractivity contribution < 1.29 is 0 Å². The molecule has 1 aromatic heterocycles. The number of nitrogens with zero attached hydrogens (tertiary/aromatic N) is 2. The Hall–Kier alpha value is -0.830. The average Bonchev–Trinajstić information content (AvgIpc) is 2.77. The molecule has 0 saturated heterocycles. The molecule has 0 saturated carbocycles. The predicted molar refractivity (Wildman–Crippen MR) is 77.8 cm³/mol. The second-order valence-electron chi connectivity index (χ2n) is 5.23. The van der Waals surface area contributed by atoms with Gasteiger partial charge >= 0.3 is 0 Å². The quantitative estimate of drug-likeness (QED) is 0.647. The van der Waals surface area contributed by atoms with Crippen molar-refractivity contribution in [2.75, 3.05) is 7.05 Å². The van der Waals surface area contributed by atoms with Gasteiger partial charge in [0.2, 0.25) is 0 Å². The van der Waals surface area contributed by atoms with Crippen molar-refractivity contribution >= 4 is 0 Å². The van der Waals surface area contributed by atoms with Gasteiger partial charge in [-0.1, -0.05) is 45.4 Å². The first-order valence-electron chi connectivity index (χ1n) is 7.42. The normalized spacial score (nSPS) is 12.8. The second kappa shape index (κ2) is 9.15. The Bertz CT molecular complexity index is 306. The molecule has 0 aliphatic rings. The lowest BCUT2D eigenvalue weighted by Crippen LogP contribution is -2.27. The van der Waals surface area contributed by atoms with E-state index < -0.39 is 0 Å². The van der Waals surface area contributed by atoms with Crippen molar-refractivity contribution in [3.05, 3.63) is 18.0 Å². The molecule has 1 aromatic rings. The van der Waals surface area contributed by atoms with Gasteiger partial charge in [-0.3, -0.25) is 4.68 Å². The van der Waals surface area contributed by atoms with E-state index in [0.29, 0.717) is 6.04 Å². The van der Waals surface area contributed by atoms with E-state index in [4.69, 9.17) is 0 Å². The molecule has 1 atom stereocenters. The van der Waals surface area contributed by atoms with Gasteiger partial charge in [-0.15, -0.1) is 0 Å². The van der Waals surface area contributed by atoms with Crippen LogP contribution in [0.5, 0.6) is 0 Å². The molecule has 1 heterocycles. The van der Waals surface area contributed by atoms with E-state index in [1.54, 1.807) is 0 Å². The summed E-state index contributed by atoms with van der Waals surface area (Å²) in [4.78, 5) is 0. The zero-order chi connectivity index (χ0) is 13.2. The Morgan fingerprint density at radius 2 is 1.94 bits per heavy atom. The third-order valence-corrected chi connectivity index (χ3v) is 3.54. The first-order chi connectivity index (χ1) is 8.76. The second-order valence-corrected chi connectivity index (χ2v) is 5.23. The van der Waals surface area contributed by atoms with Crippen LogP contribution in [0.1, 0.15) is 57.6 Å². The molecule has 0 spiro atoms. The number of aromatic nitrogens is 2. The molecule has 0 aliphatic carbocycles. The Labute approximate surface area is 112 Å². The first-order valence-corrected chi connectivity index (χ1v) is 7.42. The molecular weight excluding hydrogens is 222 g/mol. The standard InChI is InChI=1S/C15H29N3/c1-4-5-6-7-8-9-10-14(16-2)13-15-11-12-18(3)17-15/h11-12,14,16H,4-10,13H2,1-3H3. The van der Waals surface area contributed by atoms with Gasteiger partial charge in [0.25, 0.3) is 0 Å². The molecule has 1 N–H and O–H groups in total. The van der Waals surface area contributed by atoms with E-state index in [1.807, 2.05) is 17.9 Å². The Kier molecular flexibility index (Phi) is 7.74. The fourth-order valence-corrected chi connectivity index (χ4v) is 2.34. The monoisotopic (exact) mass is 251 g/mol. The largest absolute Gasteiger partial charge is 0.317 e. The Morgan fingerprint density at radius 1 is 1.22 bits per heavy atom. The number of unbranched alkanes of at least 4 members (excludes halogenated alkanes) is 5. The summed E-state index contributed by atoms with van der Waals surface area (Å²) in [6.45, 7) is 2.27. The van der Waals surface area contributed by atoms with E-state index in [9.17, 15) is 0 Å². The fraction of sp³-hybridized carbons (Fsp3) is 0.800. The van der Waals surface area contributed by atoms with E-state index in [0.717, 1.165) is 6.42 Å². The summed E-state index contributed by atoms with van der Waals surface area (Å²) in [5, 5.41) is 7.86. The Balaban J connectivity index is 2.13. The molecule has 0 fully saturated rings. The molecule has 104 valence electrons. The fourth-order valence-electron chi connectivity index (χ4n) is 2.34. The van der Waals surface area contributed by atoms with Crippen LogP contribution in [-0.4, -0.2) is 22.9 Å². The van der Waals surface area contributed by atoms with Gasteiger partial charge in [0.05, 0.1) is 5.69 Å². The number of nitrogens with one attached hydrogen (secondary N) is 1. The van der Waals surface area contributed by atoms with Crippen molar-refractivity contribution in [1.29, 1.82) is 0 Å². The van der Waals surface area contributed by atoms with Crippen LogP contribution >= 0.6 is 0 Å². The van der Waals surface area contributed by atoms with Gasteiger partial charge in [0.1, 0.15) is 0 Å². The number of aryl methyl sites for hydroxylation is 1. The third-order valence-electron chi connectivity index (χ3n) is 3.54. The molecular formula is C15H29N3. The molecule has 0 radical (unpaired) electrons. The van der Waals surface area contributed by atoms with Gasteiger partial charge in [0.15, 0.2) is 0 Å². The summed E-state index contributed by atoms with van der Waals surface area (Å²) in [6.07, 6.45) is 12.6. The molecule has 1 unspecified atom stereocenters. The summed E-state index contributed by atoms with van der Waals surface area (Å²) in [5.74, 6) is 0. The minimum Gasteiger partial charge on any atom is -0.317 e. The number of rotatable bonds is 10. The van der Waals surface area contributed by atoms with Crippen LogP contribution in [0.25, 0.3) is 0 Å². The van der Waals surface area contributed by atoms with E-state index in [1.165, 1.54) is 50.6 Å². The van der Waals surface area contributed by atoms with E-state index in [-0.39, 0.29) is 0 Å². The molecule has 0 amide bonds. The van der Waals surface area contributed by atoms with Gasteiger partial charge in [-0.05, 0) is 19.5 Å². The molecule has 0 bridgehead atoms. The summed E-state index contributed by atoms with van der Waals surface area (Å²) in [7, 11) is 4.04. The summed E-state index contributed by atoms with van der Waals surface area (Å²) < 4.78 is 1.88. The van der Waals surface area contributed by atoms with Crippen LogP contribution in [0.2, 0.25) is 0 Å². The van der Waals surface area contributed by atoms with Crippen molar-refractivity contribution in [1.82, 2.24) is 15.1 Å². The summed E-state index contributed by atoms with van der Waals surface area (Å²) >= 11 is 0. The molecule has 0 aliphatic heterocycles. The maximum Gasteiger partial charge on any atom is 0.0639 e. The lowest BCUT2D eigenvalue weighted by Gasteiger charge is -2.14. The van der Waals surface area contributed by atoms with Crippen molar-refractivity contribution in [3.8, 4) is 0 Å². The number of hydrogen-bond acceptors (Lipinski definition) is 2. The highest BCUT2D eigenvalue weighted by atomic mass is 15.2. The van der Waals surface area contributed by atoms with E-state index in [2.05, 4.69) is 30.5 Å². The zero-order valence-corrected chi connectivity index (χ0v) is 12.3. The highest BCUT2D eigenvalue weighted by Gasteiger charge is 2.08. The number of hydrogen-bond donors (Lipinski definition) is 1. The third kappa shape index (κ3) is 6.20. The van der Waals surface area contributed by atoms with Gasteiger partial charge in [-0.25, -0.2) is 0 Å². The van der Waals surface area contributed by atoms with Crippen LogP contribution in [0, 0.1) is 0 Å². The maximum atomic E-state index is 4.44. The van der Waals surface area contributed by atoms with Gasteiger partial charge < -0.3 is 5.32 Å². The highest BCUT2D eigenvalue weighted by molar-refractivity contribution is 5.01. The van der Waals surface area contributed by atoms with Crippen LogP contribution < -0.4 is 5.32 Å². The minimum atomic E-state index is 0.575. The van der Waals surface area contributed by atoms with E-state index >= 15 is 0 Å².